The number of fused-ring (bicyclic) bond motifs is 1. The predicted molar refractivity (Wildman–Crippen MR) is 169 cm³/mol. The molecule has 220 valence electrons. The van der Waals surface area contributed by atoms with E-state index in [-0.39, 0.29) is 37.2 Å². The van der Waals surface area contributed by atoms with E-state index in [0.29, 0.717) is 18.1 Å². The number of rotatable bonds is 10. The average molecular weight is 619 g/mol. The Morgan fingerprint density at radius 1 is 1.02 bits per heavy atom. The number of halogens is 3. The molecule has 0 aliphatic carbocycles. The Morgan fingerprint density at radius 3 is 2.44 bits per heavy atom. The van der Waals surface area contributed by atoms with Gasteiger partial charge in [0.1, 0.15) is 12.4 Å². The molecule has 0 bridgehead atoms. The van der Waals surface area contributed by atoms with Crippen LogP contribution in [0.1, 0.15) is 47.3 Å². The molecular formula is C31H38Cl3N5O2. The molecule has 41 heavy (non-hydrogen) atoms. The zero-order valence-corrected chi connectivity index (χ0v) is 25.9. The third-order valence-electron chi connectivity index (χ3n) is 7.38. The van der Waals surface area contributed by atoms with Crippen LogP contribution in [0.3, 0.4) is 0 Å². The van der Waals surface area contributed by atoms with Crippen LogP contribution in [0.5, 0.6) is 5.75 Å². The topological polar surface area (TPSA) is 78.4 Å². The Balaban J connectivity index is 0.00000196. The van der Waals surface area contributed by atoms with Crippen molar-refractivity contribution < 1.29 is 9.26 Å². The summed E-state index contributed by atoms with van der Waals surface area (Å²) in [5.74, 6) is 1.45. The minimum Gasteiger partial charge on any atom is -0.489 e. The van der Waals surface area contributed by atoms with Crippen molar-refractivity contribution >= 4 is 48.2 Å². The van der Waals surface area contributed by atoms with E-state index in [1.54, 1.807) is 12.1 Å². The predicted octanol–water partition coefficient (Wildman–Crippen LogP) is 6.85. The van der Waals surface area contributed by atoms with E-state index in [2.05, 4.69) is 64.4 Å². The first-order valence-corrected chi connectivity index (χ1v) is 13.4. The van der Waals surface area contributed by atoms with Gasteiger partial charge in [0.15, 0.2) is 5.58 Å². The van der Waals surface area contributed by atoms with E-state index in [0.717, 1.165) is 78.3 Å². The van der Waals surface area contributed by atoms with Crippen LogP contribution in [0, 0.1) is 17.2 Å². The van der Waals surface area contributed by atoms with E-state index in [1.807, 2.05) is 24.4 Å². The van der Waals surface area contributed by atoms with Crippen LogP contribution in [0.15, 0.2) is 65.3 Å². The van der Waals surface area contributed by atoms with E-state index >= 15 is 0 Å². The highest BCUT2D eigenvalue weighted by Gasteiger charge is 2.22. The molecule has 5 rings (SSSR count). The Labute approximate surface area is 261 Å². The van der Waals surface area contributed by atoms with Crippen LogP contribution in [0.4, 0.5) is 0 Å². The maximum absolute atomic E-state index is 9.02. The summed E-state index contributed by atoms with van der Waals surface area (Å²) in [7, 11) is 4.11. The van der Waals surface area contributed by atoms with Crippen molar-refractivity contribution in [3.05, 3.63) is 88.9 Å². The fraction of sp³-hybridized carbons (Fsp3) is 0.387. The number of aryl methyl sites for hydroxylation is 1. The van der Waals surface area contributed by atoms with Gasteiger partial charge in [-0.3, -0.25) is 9.88 Å². The lowest BCUT2D eigenvalue weighted by atomic mass is 9.91. The van der Waals surface area contributed by atoms with Crippen molar-refractivity contribution in [2.75, 3.05) is 27.2 Å². The first-order valence-electron chi connectivity index (χ1n) is 13.4. The van der Waals surface area contributed by atoms with E-state index in [1.165, 1.54) is 12.8 Å². The molecule has 0 atom stereocenters. The molecule has 2 aromatic carbocycles. The zero-order chi connectivity index (χ0) is 26.3. The molecule has 0 amide bonds. The molecule has 7 nitrogen and oxygen atoms in total. The molecule has 0 radical (unpaired) electrons. The van der Waals surface area contributed by atoms with Gasteiger partial charge in [-0.05, 0) is 107 Å². The molecule has 4 aromatic rings. The van der Waals surface area contributed by atoms with Gasteiger partial charge in [-0.15, -0.1) is 37.2 Å². The van der Waals surface area contributed by atoms with E-state index in [4.69, 9.17) is 14.5 Å². The fourth-order valence-corrected chi connectivity index (χ4v) is 5.24. The smallest absolute Gasteiger partial charge is 0.172 e. The summed E-state index contributed by atoms with van der Waals surface area (Å²) >= 11 is 0. The molecule has 0 spiro atoms. The maximum atomic E-state index is 9.02. The van der Waals surface area contributed by atoms with Gasteiger partial charge in [-0.2, -0.15) is 5.26 Å². The van der Waals surface area contributed by atoms with Gasteiger partial charge in [-0.25, -0.2) is 0 Å². The molecule has 1 fully saturated rings. The van der Waals surface area contributed by atoms with Crippen molar-refractivity contribution in [2.24, 2.45) is 5.92 Å². The van der Waals surface area contributed by atoms with Gasteiger partial charge in [0.2, 0.25) is 0 Å². The van der Waals surface area contributed by atoms with Crippen molar-refractivity contribution in [2.45, 2.75) is 45.4 Å². The van der Waals surface area contributed by atoms with Crippen LogP contribution < -0.4 is 4.74 Å². The van der Waals surface area contributed by atoms with Gasteiger partial charge in [-0.1, -0.05) is 17.3 Å². The van der Waals surface area contributed by atoms with Crippen molar-refractivity contribution in [3.63, 3.8) is 0 Å². The van der Waals surface area contributed by atoms with E-state index < -0.39 is 0 Å². The molecule has 1 aliphatic heterocycles. The molecule has 0 unspecified atom stereocenters. The highest BCUT2D eigenvalue weighted by molar-refractivity contribution is 5.86. The number of hydrogen-bond donors (Lipinski definition) is 0. The third kappa shape index (κ3) is 9.06. The molecular weight excluding hydrogens is 581 g/mol. The van der Waals surface area contributed by atoms with Crippen LogP contribution in [-0.4, -0.2) is 47.1 Å². The summed E-state index contributed by atoms with van der Waals surface area (Å²) in [4.78, 5) is 9.13. The second-order valence-corrected chi connectivity index (χ2v) is 10.5. The van der Waals surface area contributed by atoms with Crippen molar-refractivity contribution in [1.29, 1.82) is 5.26 Å². The number of piperidine rings is 1. The number of benzene rings is 2. The van der Waals surface area contributed by atoms with Gasteiger partial charge in [0.05, 0.1) is 23.0 Å². The summed E-state index contributed by atoms with van der Waals surface area (Å²) < 4.78 is 12.0. The Hall–Kier alpha value is -2.86. The summed E-state index contributed by atoms with van der Waals surface area (Å²) in [6, 6.07) is 19.8. The van der Waals surface area contributed by atoms with Crippen molar-refractivity contribution in [3.8, 4) is 11.8 Å². The lowest BCUT2D eigenvalue weighted by Crippen LogP contribution is -2.33. The molecule has 0 N–H and O–H groups in total. The standard InChI is InChI=1S/C31H35N5O2.3ClH/c1-35(2)21-29-25(22-37-27-10-6-24(19-32)7-11-27)9-12-28-30(34-38-31(28)29)13-8-23-14-17-36(18-15-23)20-26-5-3-4-16-33-26;;;/h3-7,9-12,16,23H,8,13-15,17-18,20-22H2,1-2H3;3*1H. The number of ether oxygens (including phenoxy) is 1. The van der Waals surface area contributed by atoms with Gasteiger partial charge in [0.25, 0.3) is 0 Å². The number of nitrogens with zero attached hydrogens (tertiary/aromatic N) is 5. The van der Waals surface area contributed by atoms with Crippen LogP contribution in [-0.2, 0) is 26.1 Å². The largest absolute Gasteiger partial charge is 0.489 e. The summed E-state index contributed by atoms with van der Waals surface area (Å²) in [5.41, 5.74) is 5.88. The van der Waals surface area contributed by atoms with Crippen LogP contribution >= 0.6 is 37.2 Å². The minimum absolute atomic E-state index is 0. The minimum atomic E-state index is 0. The van der Waals surface area contributed by atoms with Crippen LogP contribution in [0.25, 0.3) is 11.0 Å². The fourth-order valence-electron chi connectivity index (χ4n) is 5.24. The van der Waals surface area contributed by atoms with Crippen LogP contribution in [0.2, 0.25) is 0 Å². The lowest BCUT2D eigenvalue weighted by Gasteiger charge is -2.31. The number of likely N-dealkylation sites (tertiary alicyclic amines) is 1. The molecule has 10 heteroatoms. The number of nitriles is 1. The first kappa shape index (κ1) is 34.3. The van der Waals surface area contributed by atoms with E-state index in [9.17, 15) is 0 Å². The quantitative estimate of drug-likeness (QED) is 0.192. The highest BCUT2D eigenvalue weighted by atomic mass is 35.5. The molecule has 3 heterocycles. The number of hydrogen-bond acceptors (Lipinski definition) is 7. The monoisotopic (exact) mass is 617 g/mol. The lowest BCUT2D eigenvalue weighted by molar-refractivity contribution is 0.170. The number of aromatic nitrogens is 2. The molecule has 0 saturated carbocycles. The third-order valence-corrected chi connectivity index (χ3v) is 7.38. The van der Waals surface area contributed by atoms with Crippen molar-refractivity contribution in [1.82, 2.24) is 19.9 Å². The first-order chi connectivity index (χ1) is 18.6. The normalized spacial score (nSPS) is 13.6. The number of pyridine rings is 1. The second kappa shape index (κ2) is 16.5. The molecule has 1 aliphatic rings. The summed E-state index contributed by atoms with van der Waals surface area (Å²) in [6.07, 6.45) is 6.36. The summed E-state index contributed by atoms with van der Waals surface area (Å²) in [6.45, 7) is 4.35. The maximum Gasteiger partial charge on any atom is 0.172 e. The SMILES string of the molecule is CN(C)Cc1c(COc2ccc(C#N)cc2)ccc2c(CCC3CCN(Cc4ccccn4)CC3)noc12.Cl.Cl.Cl. The van der Waals surface area contributed by atoms with Gasteiger partial charge in [0, 0.05) is 30.2 Å². The highest BCUT2D eigenvalue weighted by Crippen LogP contribution is 2.30. The average Bonchev–Trinajstić information content (AvgIpc) is 3.36. The summed E-state index contributed by atoms with van der Waals surface area (Å²) in [5, 5.41) is 14.6. The van der Waals surface area contributed by atoms with Gasteiger partial charge < -0.3 is 14.2 Å². The Morgan fingerprint density at radius 2 is 1.78 bits per heavy atom. The zero-order valence-electron chi connectivity index (χ0n) is 23.5. The Kier molecular flexibility index (Phi) is 13.9. The molecule has 1 saturated heterocycles. The second-order valence-electron chi connectivity index (χ2n) is 10.5. The Bertz CT molecular complexity index is 1380. The molecule has 2 aromatic heterocycles. The van der Waals surface area contributed by atoms with Gasteiger partial charge >= 0.3 is 0 Å².